The maximum atomic E-state index is 12.4. The van der Waals surface area contributed by atoms with Crippen LogP contribution in [0.3, 0.4) is 0 Å². The third-order valence-electron chi connectivity index (χ3n) is 3.32. The van der Waals surface area contributed by atoms with Crippen molar-refractivity contribution in [2.75, 3.05) is 5.32 Å². The van der Waals surface area contributed by atoms with E-state index in [2.05, 4.69) is 20.4 Å². The van der Waals surface area contributed by atoms with Gasteiger partial charge < -0.3 is 5.32 Å². The molecule has 0 aliphatic carbocycles. The molecule has 1 amide bonds. The molecule has 24 heavy (non-hydrogen) atoms. The smallest absolute Gasteiger partial charge is 0.256 e. The minimum Gasteiger partial charge on any atom is -0.305 e. The van der Waals surface area contributed by atoms with Crippen molar-refractivity contribution in [2.45, 2.75) is 13.8 Å². The summed E-state index contributed by atoms with van der Waals surface area (Å²) in [5.41, 5.74) is 2.26. The van der Waals surface area contributed by atoms with Crippen LogP contribution in [0.2, 0.25) is 0 Å². The lowest BCUT2D eigenvalue weighted by molar-refractivity contribution is 0.102. The Morgan fingerprint density at radius 2 is 1.83 bits per heavy atom. The average molecular weight is 318 g/mol. The van der Waals surface area contributed by atoms with Gasteiger partial charge in [0, 0.05) is 17.0 Å². The topological polar surface area (TPSA) is 96.5 Å². The Balaban J connectivity index is 2.03. The Morgan fingerprint density at radius 1 is 1.17 bits per heavy atom. The van der Waals surface area contributed by atoms with Crippen LogP contribution in [-0.2, 0) is 0 Å². The molecule has 0 unspecified atom stereocenters. The van der Waals surface area contributed by atoms with Crippen LogP contribution in [-0.4, -0.2) is 25.7 Å². The summed E-state index contributed by atoms with van der Waals surface area (Å²) in [4.78, 5) is 21.0. The molecular weight excluding hydrogens is 304 g/mol. The fraction of sp³-hybridized carbons (Fsp3) is 0.118. The second kappa shape index (κ2) is 6.30. The van der Waals surface area contributed by atoms with Crippen molar-refractivity contribution in [1.82, 2.24) is 19.7 Å². The predicted octanol–water partition coefficient (Wildman–Crippen LogP) is 2.40. The Labute approximate surface area is 138 Å². The maximum absolute atomic E-state index is 12.4. The summed E-state index contributed by atoms with van der Waals surface area (Å²) in [7, 11) is 0. The fourth-order valence-electron chi connectivity index (χ4n) is 2.27. The second-order valence-corrected chi connectivity index (χ2v) is 5.20. The van der Waals surface area contributed by atoms with Crippen LogP contribution in [0.5, 0.6) is 0 Å². The van der Waals surface area contributed by atoms with Gasteiger partial charge in [0.25, 0.3) is 11.9 Å². The van der Waals surface area contributed by atoms with Gasteiger partial charge in [-0.2, -0.15) is 15.0 Å². The Kier molecular flexibility index (Phi) is 4.03. The molecule has 7 nitrogen and oxygen atoms in total. The first-order chi connectivity index (χ1) is 11.6. The Bertz CT molecular complexity index is 919. The highest BCUT2D eigenvalue weighted by Gasteiger charge is 2.17. The highest BCUT2D eigenvalue weighted by atomic mass is 16.1. The number of carbonyl (C=O) groups excluding carboxylic acids is 1. The number of nitrogens with one attached hydrogen (secondary N) is 1. The van der Waals surface area contributed by atoms with Crippen molar-refractivity contribution in [3.05, 3.63) is 65.1 Å². The Morgan fingerprint density at radius 3 is 2.46 bits per heavy atom. The minimum atomic E-state index is -0.335. The molecule has 2 heterocycles. The summed E-state index contributed by atoms with van der Waals surface area (Å²) in [6, 6.07) is 12.6. The summed E-state index contributed by atoms with van der Waals surface area (Å²) < 4.78 is 1.36. The van der Waals surface area contributed by atoms with Crippen LogP contribution in [0, 0.1) is 25.2 Å². The number of anilines is 1. The molecule has 0 fully saturated rings. The van der Waals surface area contributed by atoms with Gasteiger partial charge in [-0.1, -0.05) is 18.2 Å². The highest BCUT2D eigenvalue weighted by Crippen LogP contribution is 2.19. The minimum absolute atomic E-state index is 0.238. The van der Waals surface area contributed by atoms with E-state index in [-0.39, 0.29) is 17.3 Å². The number of aryl methyl sites for hydroxylation is 2. The number of benzene rings is 1. The lowest BCUT2D eigenvalue weighted by Gasteiger charge is -2.09. The summed E-state index contributed by atoms with van der Waals surface area (Å²) in [6.07, 6.45) is 1.38. The number of rotatable bonds is 3. The van der Waals surface area contributed by atoms with E-state index < -0.39 is 0 Å². The molecular formula is C17H14N6O. The van der Waals surface area contributed by atoms with E-state index in [0.717, 1.165) is 11.4 Å². The first-order valence-electron chi connectivity index (χ1n) is 7.25. The van der Waals surface area contributed by atoms with E-state index >= 15 is 0 Å². The fourth-order valence-corrected chi connectivity index (χ4v) is 2.27. The second-order valence-electron chi connectivity index (χ2n) is 5.20. The van der Waals surface area contributed by atoms with Crippen LogP contribution in [0.25, 0.3) is 5.95 Å². The molecule has 0 saturated carbocycles. The number of carbonyl (C=O) groups is 1. The molecule has 3 aromatic rings. The lowest BCUT2D eigenvalue weighted by atomic mass is 10.2. The lowest BCUT2D eigenvalue weighted by Crippen LogP contribution is -2.17. The molecule has 0 spiro atoms. The SMILES string of the molecule is Cc1cc(C)nc(-n2ncc(C#N)c2NC(=O)c2ccccc2)n1. The molecule has 0 saturated heterocycles. The first-order valence-corrected chi connectivity index (χ1v) is 7.25. The standard InChI is InChI=1S/C17H14N6O/c1-11-8-12(2)21-17(20-11)23-15(14(9-18)10-19-23)22-16(24)13-6-4-3-5-7-13/h3-8,10H,1-2H3,(H,22,24). The molecule has 118 valence electrons. The molecule has 0 aliphatic rings. The van der Waals surface area contributed by atoms with E-state index in [1.165, 1.54) is 10.9 Å². The molecule has 0 aliphatic heterocycles. The van der Waals surface area contributed by atoms with E-state index in [9.17, 15) is 10.1 Å². The zero-order valence-corrected chi connectivity index (χ0v) is 13.2. The van der Waals surface area contributed by atoms with Gasteiger partial charge in [0.05, 0.1) is 6.20 Å². The number of amides is 1. The number of nitriles is 1. The summed E-state index contributed by atoms with van der Waals surface area (Å²) in [5.74, 6) is 0.215. The molecule has 1 aromatic carbocycles. The quantitative estimate of drug-likeness (QED) is 0.800. The van der Waals surface area contributed by atoms with Crippen molar-refractivity contribution < 1.29 is 4.79 Å². The number of nitrogens with zero attached hydrogens (tertiary/aromatic N) is 5. The summed E-state index contributed by atoms with van der Waals surface area (Å²) >= 11 is 0. The Hall–Kier alpha value is -3.53. The largest absolute Gasteiger partial charge is 0.305 e. The molecule has 2 aromatic heterocycles. The maximum Gasteiger partial charge on any atom is 0.256 e. The van der Waals surface area contributed by atoms with Gasteiger partial charge in [-0.15, -0.1) is 0 Å². The van der Waals surface area contributed by atoms with Crippen LogP contribution in [0.4, 0.5) is 5.82 Å². The number of hydrogen-bond acceptors (Lipinski definition) is 5. The molecule has 0 atom stereocenters. The van der Waals surface area contributed by atoms with Crippen LogP contribution < -0.4 is 5.32 Å². The van der Waals surface area contributed by atoms with E-state index in [1.807, 2.05) is 32.0 Å². The average Bonchev–Trinajstić information content (AvgIpc) is 2.97. The van der Waals surface area contributed by atoms with Gasteiger partial charge in [-0.05, 0) is 32.0 Å². The van der Waals surface area contributed by atoms with Gasteiger partial charge in [0.2, 0.25) is 0 Å². The zero-order valence-electron chi connectivity index (χ0n) is 13.2. The summed E-state index contributed by atoms with van der Waals surface area (Å²) in [6.45, 7) is 3.68. The van der Waals surface area contributed by atoms with Gasteiger partial charge in [0.15, 0.2) is 5.82 Å². The first kappa shape index (κ1) is 15.4. The van der Waals surface area contributed by atoms with Crippen molar-refractivity contribution in [3.8, 4) is 12.0 Å². The molecule has 0 radical (unpaired) electrons. The van der Waals surface area contributed by atoms with Crippen molar-refractivity contribution in [1.29, 1.82) is 5.26 Å². The monoisotopic (exact) mass is 318 g/mol. The molecule has 0 bridgehead atoms. The number of aromatic nitrogens is 4. The normalized spacial score (nSPS) is 10.2. The van der Waals surface area contributed by atoms with Crippen LogP contribution in [0.1, 0.15) is 27.3 Å². The number of hydrogen-bond donors (Lipinski definition) is 1. The van der Waals surface area contributed by atoms with Gasteiger partial charge in [-0.3, -0.25) is 4.79 Å². The molecule has 7 heteroatoms. The van der Waals surface area contributed by atoms with Gasteiger partial charge in [-0.25, -0.2) is 9.97 Å². The summed E-state index contributed by atoms with van der Waals surface area (Å²) in [5, 5.41) is 16.1. The van der Waals surface area contributed by atoms with E-state index in [0.29, 0.717) is 11.5 Å². The van der Waals surface area contributed by atoms with E-state index in [4.69, 9.17) is 0 Å². The third kappa shape index (κ3) is 2.98. The molecule has 3 rings (SSSR count). The van der Waals surface area contributed by atoms with Gasteiger partial charge >= 0.3 is 0 Å². The zero-order chi connectivity index (χ0) is 17.1. The van der Waals surface area contributed by atoms with Crippen molar-refractivity contribution in [3.63, 3.8) is 0 Å². The third-order valence-corrected chi connectivity index (χ3v) is 3.32. The van der Waals surface area contributed by atoms with Crippen molar-refractivity contribution in [2.24, 2.45) is 0 Å². The predicted molar refractivity (Wildman–Crippen MR) is 87.7 cm³/mol. The van der Waals surface area contributed by atoms with Crippen LogP contribution in [0.15, 0.2) is 42.6 Å². The van der Waals surface area contributed by atoms with E-state index in [1.54, 1.807) is 24.3 Å². The van der Waals surface area contributed by atoms with Gasteiger partial charge in [0.1, 0.15) is 11.6 Å². The van der Waals surface area contributed by atoms with Crippen LogP contribution >= 0.6 is 0 Å². The molecule has 1 N–H and O–H groups in total. The highest BCUT2D eigenvalue weighted by molar-refractivity contribution is 6.04. The van der Waals surface area contributed by atoms with Crippen molar-refractivity contribution >= 4 is 11.7 Å².